The topological polar surface area (TPSA) is 17.8 Å². The maximum absolute atomic E-state index is 5.59. The molecule has 0 bridgehead atoms. The highest BCUT2D eigenvalue weighted by molar-refractivity contribution is 6.31. The Hall–Kier alpha value is -1.51. The van der Waals surface area contributed by atoms with Gasteiger partial charge in [0.1, 0.15) is 7.85 Å². The van der Waals surface area contributed by atoms with Crippen molar-refractivity contribution in [3.05, 3.63) is 42.2 Å². The zero-order chi connectivity index (χ0) is 9.97. The lowest BCUT2D eigenvalue weighted by molar-refractivity contribution is 0.879. The Kier molecular flexibility index (Phi) is 2.40. The minimum absolute atomic E-state index is 0.685. The maximum atomic E-state index is 5.59. The Labute approximate surface area is 85.0 Å². The van der Waals surface area contributed by atoms with Crippen molar-refractivity contribution in [1.82, 2.24) is 9.78 Å². The number of nitrogens with zero attached hydrogens (tertiary/aromatic N) is 2. The van der Waals surface area contributed by atoms with Crippen LogP contribution in [0.25, 0.3) is 5.69 Å². The Morgan fingerprint density at radius 2 is 2.00 bits per heavy atom. The van der Waals surface area contributed by atoms with Gasteiger partial charge in [0.15, 0.2) is 0 Å². The first-order chi connectivity index (χ1) is 6.79. The van der Waals surface area contributed by atoms with Crippen LogP contribution in [0.4, 0.5) is 0 Å². The first-order valence-corrected chi connectivity index (χ1v) is 4.69. The molecule has 0 aliphatic rings. The Morgan fingerprint density at radius 3 is 2.50 bits per heavy atom. The molecule has 1 aromatic carbocycles. The van der Waals surface area contributed by atoms with Gasteiger partial charge in [0.2, 0.25) is 0 Å². The van der Waals surface area contributed by atoms with Gasteiger partial charge in [0.05, 0.1) is 5.69 Å². The smallest absolute Gasteiger partial charge is 0.118 e. The summed E-state index contributed by atoms with van der Waals surface area (Å²) in [5, 5.41) is 4.13. The molecular weight excluding hydrogens is 171 g/mol. The first kappa shape index (κ1) is 9.07. The van der Waals surface area contributed by atoms with Crippen LogP contribution in [0.5, 0.6) is 0 Å². The van der Waals surface area contributed by atoms with E-state index in [0.29, 0.717) is 5.46 Å². The largest absolute Gasteiger partial charge is 0.242 e. The second kappa shape index (κ2) is 3.70. The first-order valence-electron chi connectivity index (χ1n) is 4.69. The van der Waals surface area contributed by atoms with E-state index in [0.717, 1.165) is 12.1 Å². The van der Waals surface area contributed by atoms with Gasteiger partial charge in [-0.1, -0.05) is 24.5 Å². The summed E-state index contributed by atoms with van der Waals surface area (Å²) < 4.78 is 1.77. The van der Waals surface area contributed by atoms with Crippen LogP contribution in [0.2, 0.25) is 0 Å². The Morgan fingerprint density at radius 1 is 1.29 bits per heavy atom. The third kappa shape index (κ3) is 1.71. The van der Waals surface area contributed by atoms with Crippen molar-refractivity contribution in [2.75, 3.05) is 0 Å². The summed E-state index contributed by atoms with van der Waals surface area (Å²) in [6.45, 7) is 2.14. The van der Waals surface area contributed by atoms with Gasteiger partial charge in [0, 0.05) is 12.4 Å². The molecule has 0 saturated carbocycles. The van der Waals surface area contributed by atoms with Crippen LogP contribution in [0.15, 0.2) is 36.7 Å². The normalized spacial score (nSPS) is 10.4. The molecule has 0 saturated heterocycles. The predicted octanol–water partition coefficient (Wildman–Crippen LogP) is 1.23. The quantitative estimate of drug-likeness (QED) is 0.638. The molecule has 0 amide bonds. The molecule has 1 aromatic heterocycles. The second-order valence-corrected chi connectivity index (χ2v) is 3.24. The molecule has 0 N–H and O–H groups in total. The molecule has 1 heterocycles. The number of aromatic nitrogens is 2. The second-order valence-electron chi connectivity index (χ2n) is 3.24. The average molecular weight is 182 g/mol. The summed E-state index contributed by atoms with van der Waals surface area (Å²) in [6.07, 6.45) is 4.51. The summed E-state index contributed by atoms with van der Waals surface area (Å²) in [4.78, 5) is 0. The van der Waals surface area contributed by atoms with Gasteiger partial charge in [0.25, 0.3) is 0 Å². The van der Waals surface area contributed by atoms with E-state index in [1.807, 2.05) is 12.1 Å². The summed E-state index contributed by atoms with van der Waals surface area (Å²) in [5.41, 5.74) is 3.05. The molecule has 68 valence electrons. The van der Waals surface area contributed by atoms with Crippen LogP contribution in [-0.4, -0.2) is 17.6 Å². The highest BCUT2D eigenvalue weighted by Crippen LogP contribution is 2.08. The zero-order valence-electron chi connectivity index (χ0n) is 8.14. The van der Waals surface area contributed by atoms with Gasteiger partial charge in [-0.05, 0) is 24.1 Å². The van der Waals surface area contributed by atoms with Gasteiger partial charge in [-0.15, -0.1) is 0 Å². The van der Waals surface area contributed by atoms with E-state index < -0.39 is 0 Å². The minimum Gasteiger partial charge on any atom is -0.242 e. The minimum atomic E-state index is 0.685. The van der Waals surface area contributed by atoms with Gasteiger partial charge in [-0.3, -0.25) is 0 Å². The van der Waals surface area contributed by atoms with Gasteiger partial charge < -0.3 is 0 Å². The van der Waals surface area contributed by atoms with E-state index in [1.54, 1.807) is 17.1 Å². The Balaban J connectivity index is 2.33. The molecule has 3 heteroatoms. The third-order valence-corrected chi connectivity index (χ3v) is 2.21. The molecule has 2 nitrogen and oxygen atoms in total. The summed E-state index contributed by atoms with van der Waals surface area (Å²) in [7, 11) is 5.59. The fourth-order valence-electron chi connectivity index (χ4n) is 1.36. The van der Waals surface area contributed by atoms with Gasteiger partial charge >= 0.3 is 0 Å². The van der Waals surface area contributed by atoms with Crippen molar-refractivity contribution in [3.63, 3.8) is 0 Å². The molecule has 0 spiro atoms. The molecule has 14 heavy (non-hydrogen) atoms. The van der Waals surface area contributed by atoms with Crippen LogP contribution >= 0.6 is 0 Å². The predicted molar refractivity (Wildman–Crippen MR) is 58.3 cm³/mol. The molecule has 2 radical (unpaired) electrons. The highest BCUT2D eigenvalue weighted by atomic mass is 15.3. The van der Waals surface area contributed by atoms with Crippen molar-refractivity contribution in [2.24, 2.45) is 0 Å². The third-order valence-electron chi connectivity index (χ3n) is 2.21. The summed E-state index contributed by atoms with van der Waals surface area (Å²) in [5.74, 6) is 0. The molecule has 2 aromatic rings. The number of rotatable bonds is 2. The molecule has 0 aliphatic heterocycles. The molecule has 0 fully saturated rings. The van der Waals surface area contributed by atoms with E-state index in [2.05, 4.69) is 24.2 Å². The molecule has 0 aliphatic carbocycles. The van der Waals surface area contributed by atoms with Crippen molar-refractivity contribution in [3.8, 4) is 5.69 Å². The molecule has 0 atom stereocenters. The van der Waals surface area contributed by atoms with E-state index in [4.69, 9.17) is 7.85 Å². The molecule has 2 rings (SSSR count). The fraction of sp³-hybridized carbons (Fsp3) is 0.182. The standard InChI is InChI=1S/C11H11BN2/c1-2-9-3-5-11(6-4-9)14-8-10(12)7-13-14/h3-8H,2H2,1H3. The monoisotopic (exact) mass is 182 g/mol. The number of aryl methyl sites for hydroxylation is 1. The van der Waals surface area contributed by atoms with E-state index >= 15 is 0 Å². The van der Waals surface area contributed by atoms with Crippen LogP contribution in [0.3, 0.4) is 0 Å². The fourth-order valence-corrected chi connectivity index (χ4v) is 1.36. The molecular formula is C11H11BN2. The van der Waals surface area contributed by atoms with E-state index in [1.165, 1.54) is 5.56 Å². The number of hydrogen-bond donors (Lipinski definition) is 0. The summed E-state index contributed by atoms with van der Waals surface area (Å²) >= 11 is 0. The highest BCUT2D eigenvalue weighted by Gasteiger charge is 1.97. The van der Waals surface area contributed by atoms with Crippen molar-refractivity contribution < 1.29 is 0 Å². The van der Waals surface area contributed by atoms with Gasteiger partial charge in [-0.25, -0.2) is 4.68 Å². The van der Waals surface area contributed by atoms with Crippen molar-refractivity contribution in [1.29, 1.82) is 0 Å². The lowest BCUT2D eigenvalue weighted by Crippen LogP contribution is -1.98. The number of benzene rings is 1. The van der Waals surface area contributed by atoms with Crippen LogP contribution in [0, 0.1) is 0 Å². The van der Waals surface area contributed by atoms with E-state index in [9.17, 15) is 0 Å². The van der Waals surface area contributed by atoms with Gasteiger partial charge in [-0.2, -0.15) is 5.10 Å². The lowest BCUT2D eigenvalue weighted by atomic mass is 10.0. The lowest BCUT2D eigenvalue weighted by Gasteiger charge is -2.02. The molecule has 0 unspecified atom stereocenters. The van der Waals surface area contributed by atoms with Crippen LogP contribution < -0.4 is 5.46 Å². The van der Waals surface area contributed by atoms with Crippen LogP contribution in [-0.2, 0) is 6.42 Å². The SMILES string of the molecule is [B]c1cnn(-c2ccc(CC)cc2)c1. The van der Waals surface area contributed by atoms with Crippen molar-refractivity contribution >= 4 is 13.3 Å². The van der Waals surface area contributed by atoms with E-state index in [-0.39, 0.29) is 0 Å². The summed E-state index contributed by atoms with van der Waals surface area (Å²) in [6, 6.07) is 8.30. The van der Waals surface area contributed by atoms with Crippen LogP contribution in [0.1, 0.15) is 12.5 Å². The van der Waals surface area contributed by atoms with Crippen molar-refractivity contribution in [2.45, 2.75) is 13.3 Å². The maximum Gasteiger partial charge on any atom is 0.118 e. The average Bonchev–Trinajstić information content (AvgIpc) is 2.65. The zero-order valence-corrected chi connectivity index (χ0v) is 8.14. The Bertz CT molecular complexity index is 417. The number of hydrogen-bond acceptors (Lipinski definition) is 1.